The van der Waals surface area contributed by atoms with Crippen LogP contribution in [-0.2, 0) is 6.54 Å². The van der Waals surface area contributed by atoms with Crippen LogP contribution in [0.15, 0.2) is 55.4 Å². The number of nitrogens with one attached hydrogen (secondary N) is 2. The standard InChI is InChI=1S/C17H21N7O/c1-13(10-23-12-18-11-20-23)21-17(25)22-14(2)15-4-6-16(7-5-15)24-9-3-8-19-24/h3-9,11-14H,10H2,1-2H3,(H2,21,22,25)/t13-,14-/m1/s1. The maximum atomic E-state index is 12.1. The van der Waals surface area contributed by atoms with E-state index in [-0.39, 0.29) is 18.1 Å². The van der Waals surface area contributed by atoms with Gasteiger partial charge in [-0.25, -0.2) is 14.5 Å². The van der Waals surface area contributed by atoms with Crippen LogP contribution < -0.4 is 10.6 Å². The fourth-order valence-corrected chi connectivity index (χ4v) is 2.54. The zero-order valence-corrected chi connectivity index (χ0v) is 14.2. The van der Waals surface area contributed by atoms with Gasteiger partial charge >= 0.3 is 6.03 Å². The van der Waals surface area contributed by atoms with Gasteiger partial charge in [0.1, 0.15) is 12.7 Å². The lowest BCUT2D eigenvalue weighted by Crippen LogP contribution is -2.43. The highest BCUT2D eigenvalue weighted by molar-refractivity contribution is 5.74. The van der Waals surface area contributed by atoms with E-state index in [4.69, 9.17) is 0 Å². The quantitative estimate of drug-likeness (QED) is 0.718. The monoisotopic (exact) mass is 339 g/mol. The molecule has 0 fully saturated rings. The molecule has 25 heavy (non-hydrogen) atoms. The van der Waals surface area contributed by atoms with E-state index in [2.05, 4.69) is 25.8 Å². The Labute approximate surface area is 145 Å². The van der Waals surface area contributed by atoms with Crippen LogP contribution in [0.1, 0.15) is 25.5 Å². The van der Waals surface area contributed by atoms with Crippen molar-refractivity contribution in [3.05, 3.63) is 60.9 Å². The molecule has 130 valence electrons. The molecule has 2 heterocycles. The summed E-state index contributed by atoms with van der Waals surface area (Å²) in [5.41, 5.74) is 2.00. The van der Waals surface area contributed by atoms with Crippen LogP contribution in [0.5, 0.6) is 0 Å². The highest BCUT2D eigenvalue weighted by Crippen LogP contribution is 2.15. The maximum Gasteiger partial charge on any atom is 0.315 e. The minimum atomic E-state index is -0.212. The summed E-state index contributed by atoms with van der Waals surface area (Å²) in [6, 6.07) is 9.43. The molecule has 3 rings (SSSR count). The largest absolute Gasteiger partial charge is 0.334 e. The van der Waals surface area contributed by atoms with E-state index < -0.39 is 0 Å². The van der Waals surface area contributed by atoms with Gasteiger partial charge in [0, 0.05) is 18.4 Å². The summed E-state index contributed by atoms with van der Waals surface area (Å²) in [4.78, 5) is 16.0. The van der Waals surface area contributed by atoms with Gasteiger partial charge in [0.15, 0.2) is 0 Å². The van der Waals surface area contributed by atoms with Crippen molar-refractivity contribution in [3.8, 4) is 5.69 Å². The Bertz CT molecular complexity index is 781. The number of carbonyl (C=O) groups excluding carboxylic acids is 1. The minimum Gasteiger partial charge on any atom is -0.334 e. The van der Waals surface area contributed by atoms with Gasteiger partial charge in [0.05, 0.1) is 18.3 Å². The van der Waals surface area contributed by atoms with Gasteiger partial charge in [-0.05, 0) is 37.6 Å². The summed E-state index contributed by atoms with van der Waals surface area (Å²) in [6.45, 7) is 4.44. The van der Waals surface area contributed by atoms with Crippen LogP contribution in [0.25, 0.3) is 5.69 Å². The van der Waals surface area contributed by atoms with Gasteiger partial charge in [0.25, 0.3) is 0 Å². The molecule has 2 atom stereocenters. The third-order valence-corrected chi connectivity index (χ3v) is 3.81. The predicted molar refractivity (Wildman–Crippen MR) is 93.1 cm³/mol. The van der Waals surface area contributed by atoms with Crippen molar-refractivity contribution in [3.63, 3.8) is 0 Å². The molecule has 2 amide bonds. The van der Waals surface area contributed by atoms with Gasteiger partial charge < -0.3 is 10.6 Å². The highest BCUT2D eigenvalue weighted by atomic mass is 16.2. The van der Waals surface area contributed by atoms with Crippen molar-refractivity contribution < 1.29 is 4.79 Å². The molecule has 0 radical (unpaired) electrons. The summed E-state index contributed by atoms with van der Waals surface area (Å²) in [5, 5.41) is 14.1. The first-order valence-electron chi connectivity index (χ1n) is 8.11. The van der Waals surface area contributed by atoms with Crippen molar-refractivity contribution in [2.75, 3.05) is 0 Å². The van der Waals surface area contributed by atoms with Crippen molar-refractivity contribution >= 4 is 6.03 Å². The van der Waals surface area contributed by atoms with E-state index in [0.29, 0.717) is 6.54 Å². The maximum absolute atomic E-state index is 12.1. The number of aromatic nitrogens is 5. The normalized spacial score (nSPS) is 13.2. The molecule has 0 saturated heterocycles. The van der Waals surface area contributed by atoms with Gasteiger partial charge in [-0.2, -0.15) is 10.2 Å². The average Bonchev–Trinajstić information content (AvgIpc) is 3.28. The number of hydrogen-bond acceptors (Lipinski definition) is 4. The second-order valence-corrected chi connectivity index (χ2v) is 5.90. The van der Waals surface area contributed by atoms with Crippen LogP contribution in [0.3, 0.4) is 0 Å². The minimum absolute atomic E-state index is 0.0592. The molecule has 0 bridgehead atoms. The lowest BCUT2D eigenvalue weighted by Gasteiger charge is -2.18. The lowest BCUT2D eigenvalue weighted by molar-refractivity contribution is 0.233. The zero-order chi connectivity index (χ0) is 17.6. The molecule has 0 unspecified atom stereocenters. The molecule has 3 aromatic rings. The summed E-state index contributed by atoms with van der Waals surface area (Å²) in [6.07, 6.45) is 6.73. The van der Waals surface area contributed by atoms with Gasteiger partial charge in [-0.15, -0.1) is 0 Å². The Hall–Kier alpha value is -3.16. The molecule has 1 aromatic carbocycles. The highest BCUT2D eigenvalue weighted by Gasteiger charge is 2.12. The number of rotatable bonds is 6. The Morgan fingerprint density at radius 1 is 1.16 bits per heavy atom. The number of carbonyl (C=O) groups is 1. The first kappa shape index (κ1) is 16.7. The van der Waals surface area contributed by atoms with Crippen LogP contribution in [0, 0.1) is 0 Å². The first-order chi connectivity index (χ1) is 12.1. The Balaban J connectivity index is 1.52. The average molecular weight is 339 g/mol. The van der Waals surface area contributed by atoms with Crippen molar-refractivity contribution in [2.24, 2.45) is 0 Å². The van der Waals surface area contributed by atoms with E-state index in [0.717, 1.165) is 11.3 Å². The van der Waals surface area contributed by atoms with E-state index in [9.17, 15) is 4.79 Å². The number of benzene rings is 1. The molecule has 0 spiro atoms. The zero-order valence-electron chi connectivity index (χ0n) is 14.2. The molecule has 0 aliphatic heterocycles. The Morgan fingerprint density at radius 3 is 2.60 bits per heavy atom. The fourth-order valence-electron chi connectivity index (χ4n) is 2.54. The molecule has 0 aliphatic rings. The van der Waals surface area contributed by atoms with Crippen LogP contribution >= 0.6 is 0 Å². The van der Waals surface area contributed by atoms with E-state index in [1.807, 2.05) is 50.4 Å². The number of urea groups is 1. The van der Waals surface area contributed by atoms with Crippen molar-refractivity contribution in [2.45, 2.75) is 32.5 Å². The van der Waals surface area contributed by atoms with E-state index >= 15 is 0 Å². The molecule has 8 heteroatoms. The van der Waals surface area contributed by atoms with Crippen LogP contribution in [0.2, 0.25) is 0 Å². The van der Waals surface area contributed by atoms with Crippen LogP contribution in [-0.4, -0.2) is 36.6 Å². The lowest BCUT2D eigenvalue weighted by atomic mass is 10.1. The third kappa shape index (κ3) is 4.43. The molecular weight excluding hydrogens is 318 g/mol. The van der Waals surface area contributed by atoms with Crippen molar-refractivity contribution in [1.29, 1.82) is 0 Å². The van der Waals surface area contributed by atoms with Crippen molar-refractivity contribution in [1.82, 2.24) is 35.2 Å². The second kappa shape index (κ2) is 7.61. The van der Waals surface area contributed by atoms with Gasteiger partial charge in [-0.1, -0.05) is 12.1 Å². The number of nitrogens with zero attached hydrogens (tertiary/aromatic N) is 5. The summed E-state index contributed by atoms with van der Waals surface area (Å²) in [5.74, 6) is 0. The number of hydrogen-bond donors (Lipinski definition) is 2. The summed E-state index contributed by atoms with van der Waals surface area (Å²) in [7, 11) is 0. The topological polar surface area (TPSA) is 89.7 Å². The first-order valence-corrected chi connectivity index (χ1v) is 8.11. The van der Waals surface area contributed by atoms with Gasteiger partial charge in [0.2, 0.25) is 0 Å². The Kier molecular flexibility index (Phi) is 5.08. The van der Waals surface area contributed by atoms with Gasteiger partial charge in [-0.3, -0.25) is 4.68 Å². The van der Waals surface area contributed by atoms with E-state index in [1.165, 1.54) is 6.33 Å². The Morgan fingerprint density at radius 2 is 1.96 bits per heavy atom. The predicted octanol–water partition coefficient (Wildman–Crippen LogP) is 1.91. The smallest absolute Gasteiger partial charge is 0.315 e. The molecule has 0 saturated carbocycles. The molecular formula is C17H21N7O. The third-order valence-electron chi connectivity index (χ3n) is 3.81. The summed E-state index contributed by atoms with van der Waals surface area (Å²) < 4.78 is 3.47. The van der Waals surface area contributed by atoms with Crippen LogP contribution in [0.4, 0.5) is 4.79 Å². The molecule has 2 N–H and O–H groups in total. The SMILES string of the molecule is C[C@H](Cn1cncn1)NC(=O)N[C@H](C)c1ccc(-n2cccn2)cc1. The number of amides is 2. The fraction of sp³-hybridized carbons (Fsp3) is 0.294. The second-order valence-electron chi connectivity index (χ2n) is 5.90. The summed E-state index contributed by atoms with van der Waals surface area (Å²) >= 11 is 0. The molecule has 8 nitrogen and oxygen atoms in total. The molecule has 0 aliphatic carbocycles. The van der Waals surface area contributed by atoms with E-state index in [1.54, 1.807) is 21.9 Å². The molecule has 2 aromatic heterocycles.